The Hall–Kier alpha value is -5.70. The van der Waals surface area contributed by atoms with Gasteiger partial charge in [0.05, 0.1) is 11.2 Å². The summed E-state index contributed by atoms with van der Waals surface area (Å²) in [5, 5.41) is 6.16. The number of nitrogens with zero attached hydrogens (tertiary/aromatic N) is 1. The Morgan fingerprint density at radius 3 is 1.72 bits per heavy atom. The van der Waals surface area contributed by atoms with Crippen molar-refractivity contribution in [1.82, 2.24) is 4.57 Å². The summed E-state index contributed by atoms with van der Waals surface area (Å²) in [5.74, 6) is 0. The van der Waals surface area contributed by atoms with Crippen LogP contribution in [0.3, 0.4) is 0 Å². The number of hydrogen-bond donors (Lipinski definition) is 1. The van der Waals surface area contributed by atoms with Gasteiger partial charge in [0.25, 0.3) is 0 Å². The largest absolute Gasteiger partial charge is 0.326 e. The second-order valence-electron chi connectivity index (χ2n) is 12.0. The van der Waals surface area contributed by atoms with Crippen molar-refractivity contribution in [2.75, 3.05) is 0 Å². The van der Waals surface area contributed by atoms with Gasteiger partial charge in [-0.3, -0.25) is 0 Å². The van der Waals surface area contributed by atoms with Gasteiger partial charge in [0, 0.05) is 17.6 Å². The molecule has 0 bridgehead atoms. The summed E-state index contributed by atoms with van der Waals surface area (Å²) < 4.78 is 2.29. The lowest BCUT2D eigenvalue weighted by molar-refractivity contribution is 1.03. The molecule has 0 radical (unpaired) electrons. The van der Waals surface area contributed by atoms with E-state index in [1.54, 1.807) is 0 Å². The van der Waals surface area contributed by atoms with E-state index in [2.05, 4.69) is 164 Å². The molecule has 0 spiro atoms. The Balaban J connectivity index is 1.42. The van der Waals surface area contributed by atoms with Crippen molar-refractivity contribution in [2.24, 2.45) is 5.73 Å². The highest BCUT2D eigenvalue weighted by atomic mass is 15.0. The number of hydrogen-bond acceptors (Lipinski definition) is 1. The minimum absolute atomic E-state index is 0.433. The van der Waals surface area contributed by atoms with E-state index in [0.29, 0.717) is 6.54 Å². The molecule has 8 rings (SSSR count). The van der Waals surface area contributed by atoms with Crippen LogP contribution in [0.15, 0.2) is 152 Å². The van der Waals surface area contributed by atoms with Crippen molar-refractivity contribution in [1.29, 1.82) is 0 Å². The normalized spacial score (nSPS) is 11.4. The average Bonchev–Trinajstić information content (AvgIpc) is 3.44. The van der Waals surface area contributed by atoms with Crippen LogP contribution in [-0.2, 0) is 6.54 Å². The average molecular weight is 591 g/mol. The maximum Gasteiger partial charge on any atom is 0.0538 e. The van der Waals surface area contributed by atoms with E-state index in [-0.39, 0.29) is 0 Å². The monoisotopic (exact) mass is 590 g/mol. The van der Waals surface area contributed by atoms with Gasteiger partial charge in [-0.05, 0) is 109 Å². The van der Waals surface area contributed by atoms with Crippen LogP contribution in [0, 0.1) is 6.92 Å². The molecule has 0 unspecified atom stereocenters. The first-order valence-electron chi connectivity index (χ1n) is 15.8. The van der Waals surface area contributed by atoms with Gasteiger partial charge in [-0.1, -0.05) is 122 Å². The highest BCUT2D eigenvalue weighted by molar-refractivity contribution is 6.22. The molecule has 0 amide bonds. The van der Waals surface area contributed by atoms with E-state index in [0.717, 1.165) is 33.4 Å². The van der Waals surface area contributed by atoms with Crippen LogP contribution in [0.2, 0.25) is 0 Å². The Bertz CT molecular complexity index is 2410. The lowest BCUT2D eigenvalue weighted by Gasteiger charge is -2.18. The van der Waals surface area contributed by atoms with Crippen molar-refractivity contribution in [2.45, 2.75) is 13.5 Å². The van der Waals surface area contributed by atoms with Gasteiger partial charge >= 0.3 is 0 Å². The maximum atomic E-state index is 6.42. The molecule has 0 aliphatic rings. The van der Waals surface area contributed by atoms with Crippen molar-refractivity contribution < 1.29 is 0 Å². The molecule has 0 aliphatic heterocycles. The van der Waals surface area contributed by atoms with Gasteiger partial charge in [-0.25, -0.2) is 0 Å². The van der Waals surface area contributed by atoms with E-state index in [1.165, 1.54) is 54.9 Å². The third-order valence-corrected chi connectivity index (χ3v) is 9.25. The van der Waals surface area contributed by atoms with Crippen molar-refractivity contribution in [3.63, 3.8) is 0 Å². The number of nitrogens with two attached hydrogens (primary N) is 1. The summed E-state index contributed by atoms with van der Waals surface area (Å²) in [7, 11) is 0. The smallest absolute Gasteiger partial charge is 0.0538 e. The van der Waals surface area contributed by atoms with E-state index >= 15 is 0 Å². The summed E-state index contributed by atoms with van der Waals surface area (Å²) in [6, 6.07) is 52.7. The zero-order valence-electron chi connectivity index (χ0n) is 25.9. The molecular formula is C44H34N2. The molecule has 0 aliphatic carbocycles. The van der Waals surface area contributed by atoms with Crippen molar-refractivity contribution >= 4 is 38.5 Å². The topological polar surface area (TPSA) is 30.9 Å². The van der Waals surface area contributed by atoms with Gasteiger partial charge in [0.1, 0.15) is 0 Å². The Kier molecular flexibility index (Phi) is 6.86. The second-order valence-corrected chi connectivity index (χ2v) is 12.0. The molecule has 0 saturated carbocycles. The minimum atomic E-state index is 0.433. The van der Waals surface area contributed by atoms with Crippen LogP contribution in [0.1, 0.15) is 16.8 Å². The first-order chi connectivity index (χ1) is 22.7. The molecule has 8 aromatic rings. The fourth-order valence-electron chi connectivity index (χ4n) is 7.22. The van der Waals surface area contributed by atoms with Crippen molar-refractivity contribution in [3.8, 4) is 39.1 Å². The van der Waals surface area contributed by atoms with Gasteiger partial charge in [-0.2, -0.15) is 0 Å². The second kappa shape index (κ2) is 11.3. The Morgan fingerprint density at radius 1 is 0.543 bits per heavy atom. The lowest BCUT2D eigenvalue weighted by Crippen LogP contribution is -2.01. The molecule has 0 atom stereocenters. The van der Waals surface area contributed by atoms with Crippen LogP contribution in [0.4, 0.5) is 0 Å². The molecule has 7 aromatic carbocycles. The SMILES string of the molecule is C=Cc1c(CN)c2cc(-c3ccc4c(-c5ccccc5)c5ccccc5c(-c5ccccc5)c4c3)ccc2n1-c1cccc(C)c1. The number of fused-ring (bicyclic) bond motifs is 3. The number of benzene rings is 7. The molecule has 2 nitrogen and oxygen atoms in total. The molecule has 220 valence electrons. The maximum absolute atomic E-state index is 6.42. The molecule has 1 aromatic heterocycles. The van der Waals surface area contributed by atoms with Crippen LogP contribution >= 0.6 is 0 Å². The predicted octanol–water partition coefficient (Wildman–Crippen LogP) is 11.3. The number of aryl methyl sites for hydroxylation is 1. The summed E-state index contributed by atoms with van der Waals surface area (Å²) in [4.78, 5) is 0. The van der Waals surface area contributed by atoms with E-state index in [4.69, 9.17) is 5.73 Å². The van der Waals surface area contributed by atoms with Gasteiger partial charge in [0.2, 0.25) is 0 Å². The standard InChI is InChI=1S/C44H34N2/c1-3-41-40(28-45)38-26-33(22-24-42(38)46(41)34-18-12-13-29(2)25-34)32-21-23-37-39(27-32)44(31-16-8-5-9-17-31)36-20-11-10-19-35(36)43(37)30-14-6-4-7-15-30/h3-27H,1,28,45H2,2H3. The van der Waals surface area contributed by atoms with Crippen LogP contribution in [-0.4, -0.2) is 4.57 Å². The van der Waals surface area contributed by atoms with Crippen LogP contribution in [0.25, 0.3) is 77.6 Å². The molecular weight excluding hydrogens is 556 g/mol. The van der Waals surface area contributed by atoms with Crippen molar-refractivity contribution in [3.05, 3.63) is 169 Å². The first-order valence-corrected chi connectivity index (χ1v) is 15.8. The third kappa shape index (κ3) is 4.46. The van der Waals surface area contributed by atoms with Gasteiger partial charge < -0.3 is 10.3 Å². The lowest BCUT2D eigenvalue weighted by atomic mass is 9.85. The Labute approximate surface area is 269 Å². The molecule has 2 heteroatoms. The Morgan fingerprint density at radius 2 is 1.11 bits per heavy atom. The zero-order valence-corrected chi connectivity index (χ0v) is 25.9. The fourth-order valence-corrected chi connectivity index (χ4v) is 7.22. The van der Waals surface area contributed by atoms with Gasteiger partial charge in [0.15, 0.2) is 0 Å². The summed E-state index contributed by atoms with van der Waals surface area (Å²) in [6.45, 7) is 6.74. The highest BCUT2D eigenvalue weighted by Gasteiger charge is 2.19. The van der Waals surface area contributed by atoms with Gasteiger partial charge in [-0.15, -0.1) is 0 Å². The van der Waals surface area contributed by atoms with Crippen LogP contribution in [0.5, 0.6) is 0 Å². The zero-order chi connectivity index (χ0) is 31.2. The quantitative estimate of drug-likeness (QED) is 0.192. The fraction of sp³-hybridized carbons (Fsp3) is 0.0455. The minimum Gasteiger partial charge on any atom is -0.326 e. The van der Waals surface area contributed by atoms with E-state index in [1.807, 2.05) is 6.08 Å². The number of rotatable bonds is 6. The van der Waals surface area contributed by atoms with E-state index in [9.17, 15) is 0 Å². The molecule has 2 N–H and O–H groups in total. The summed E-state index contributed by atoms with van der Waals surface area (Å²) in [5.41, 5.74) is 19.3. The third-order valence-electron chi connectivity index (χ3n) is 9.25. The van der Waals surface area contributed by atoms with E-state index < -0.39 is 0 Å². The molecule has 1 heterocycles. The van der Waals surface area contributed by atoms with Crippen LogP contribution < -0.4 is 5.73 Å². The predicted molar refractivity (Wildman–Crippen MR) is 197 cm³/mol. The highest BCUT2D eigenvalue weighted by Crippen LogP contribution is 2.45. The molecule has 0 saturated heterocycles. The summed E-state index contributed by atoms with van der Waals surface area (Å²) in [6.07, 6.45) is 1.93. The number of aromatic nitrogens is 1. The summed E-state index contributed by atoms with van der Waals surface area (Å²) >= 11 is 0. The molecule has 46 heavy (non-hydrogen) atoms. The first kappa shape index (κ1) is 27.8. The molecule has 0 fully saturated rings.